The number of carbonyl (C=O) groups is 1. The zero-order valence-corrected chi connectivity index (χ0v) is 27.3. The van der Waals surface area contributed by atoms with Crippen LogP contribution in [-0.2, 0) is 0 Å². The van der Waals surface area contributed by atoms with Gasteiger partial charge in [-0.25, -0.2) is 9.97 Å². The lowest BCUT2D eigenvalue weighted by Crippen LogP contribution is -2.43. The van der Waals surface area contributed by atoms with Gasteiger partial charge in [-0.3, -0.25) is 4.79 Å². The van der Waals surface area contributed by atoms with Gasteiger partial charge in [-0.05, 0) is 91.5 Å². The summed E-state index contributed by atoms with van der Waals surface area (Å²) < 4.78 is 6.82. The van der Waals surface area contributed by atoms with Crippen LogP contribution in [0, 0.1) is 6.92 Å². The first-order valence-corrected chi connectivity index (χ1v) is 16.4. The van der Waals surface area contributed by atoms with Gasteiger partial charge in [0.2, 0.25) is 0 Å². The maximum Gasteiger partial charge on any atom is 0.258 e. The fraction of sp³-hybridized carbons (Fsp3) is 0.367. The lowest BCUT2D eigenvalue weighted by atomic mass is 10.0. The molecule has 42 heavy (non-hydrogen) atoms. The molecular formula is C30H31BrCl2N6O2S. The molecule has 2 aromatic carbocycles. The van der Waals surface area contributed by atoms with Gasteiger partial charge in [0.05, 0.1) is 38.1 Å². The molecule has 2 aliphatic heterocycles. The summed E-state index contributed by atoms with van der Waals surface area (Å²) in [4.78, 5) is 27.4. The molecule has 0 atom stereocenters. The van der Waals surface area contributed by atoms with Crippen molar-refractivity contribution >= 4 is 89.5 Å². The first-order chi connectivity index (χ1) is 20.4. The van der Waals surface area contributed by atoms with Crippen LogP contribution in [0.25, 0.3) is 10.2 Å². The minimum atomic E-state index is -0.378. The number of amides is 1. The van der Waals surface area contributed by atoms with Gasteiger partial charge >= 0.3 is 0 Å². The minimum Gasteiger partial charge on any atom is -0.494 e. The number of hydrogen-bond acceptors (Lipinski definition) is 8. The summed E-state index contributed by atoms with van der Waals surface area (Å²) in [7, 11) is 1.51. The number of fused-ring (bicyclic) bond motifs is 1. The molecule has 4 aromatic rings. The van der Waals surface area contributed by atoms with E-state index in [1.807, 2.05) is 6.92 Å². The Labute approximate surface area is 267 Å². The summed E-state index contributed by atoms with van der Waals surface area (Å²) in [5.74, 6) is 0.659. The van der Waals surface area contributed by atoms with Gasteiger partial charge in [0.25, 0.3) is 5.91 Å². The summed E-state index contributed by atoms with van der Waals surface area (Å²) in [6.07, 6.45) is 6.60. The molecule has 2 aliphatic rings. The summed E-state index contributed by atoms with van der Waals surface area (Å²) in [6.45, 7) is 6.52. The average molecular weight is 690 g/mol. The van der Waals surface area contributed by atoms with E-state index in [1.165, 1.54) is 69.2 Å². The maximum absolute atomic E-state index is 13.4. The molecule has 1 amide bonds. The van der Waals surface area contributed by atoms with Crippen molar-refractivity contribution in [1.29, 1.82) is 0 Å². The minimum absolute atomic E-state index is 0.212. The summed E-state index contributed by atoms with van der Waals surface area (Å²) >= 11 is 17.9. The Morgan fingerprint density at radius 2 is 1.79 bits per heavy atom. The Balaban J connectivity index is 1.16. The van der Waals surface area contributed by atoms with Crippen molar-refractivity contribution in [3.8, 4) is 5.75 Å². The molecule has 2 saturated heterocycles. The van der Waals surface area contributed by atoms with Gasteiger partial charge < -0.3 is 25.2 Å². The molecule has 8 nitrogen and oxygen atoms in total. The van der Waals surface area contributed by atoms with Gasteiger partial charge in [-0.1, -0.05) is 23.2 Å². The van der Waals surface area contributed by atoms with E-state index >= 15 is 0 Å². The molecule has 0 unspecified atom stereocenters. The van der Waals surface area contributed by atoms with Crippen LogP contribution in [0.15, 0.2) is 40.4 Å². The number of nitrogens with one attached hydrogen (secondary N) is 2. The molecule has 2 N–H and O–H groups in total. The van der Waals surface area contributed by atoms with E-state index in [1.54, 1.807) is 5.38 Å². The van der Waals surface area contributed by atoms with E-state index in [0.29, 0.717) is 37.7 Å². The van der Waals surface area contributed by atoms with Crippen LogP contribution in [0.1, 0.15) is 41.6 Å². The van der Waals surface area contributed by atoms with Crippen LogP contribution < -0.4 is 20.3 Å². The zero-order chi connectivity index (χ0) is 29.4. The molecule has 0 aliphatic carbocycles. The highest BCUT2D eigenvalue weighted by Crippen LogP contribution is 2.46. The lowest BCUT2D eigenvalue weighted by molar-refractivity contribution is 0.102. The number of rotatable bonds is 7. The Hall–Kier alpha value is -2.63. The van der Waals surface area contributed by atoms with Crippen LogP contribution in [0.5, 0.6) is 5.75 Å². The number of methoxy groups -OCH3 is 1. The smallest absolute Gasteiger partial charge is 0.258 e. The van der Waals surface area contributed by atoms with Crippen LogP contribution >= 0.6 is 50.5 Å². The Bertz CT molecular complexity index is 1620. The number of benzene rings is 2. The van der Waals surface area contributed by atoms with Gasteiger partial charge in [0.1, 0.15) is 11.3 Å². The number of ether oxygens (including phenoxy) is 1. The number of thiophene rings is 1. The third-order valence-corrected chi connectivity index (χ3v) is 10.9. The highest BCUT2D eigenvalue weighted by Gasteiger charge is 2.27. The number of halogens is 3. The predicted molar refractivity (Wildman–Crippen MR) is 177 cm³/mol. The molecule has 6 rings (SSSR count). The predicted octanol–water partition coefficient (Wildman–Crippen LogP) is 8.14. The highest BCUT2D eigenvalue weighted by atomic mass is 79.9. The quantitative estimate of drug-likeness (QED) is 0.203. The fourth-order valence-electron chi connectivity index (χ4n) is 5.82. The fourth-order valence-corrected chi connectivity index (χ4v) is 8.15. The van der Waals surface area contributed by atoms with Crippen LogP contribution in [-0.4, -0.2) is 60.1 Å². The van der Waals surface area contributed by atoms with Crippen molar-refractivity contribution in [3.05, 3.63) is 61.6 Å². The van der Waals surface area contributed by atoms with E-state index in [2.05, 4.69) is 70.6 Å². The molecule has 2 fully saturated rings. The normalized spacial score (nSPS) is 16.3. The molecule has 220 valence electrons. The Kier molecular flexibility index (Phi) is 8.79. The molecule has 0 spiro atoms. The third kappa shape index (κ3) is 5.67. The molecular weight excluding hydrogens is 659 g/mol. The van der Waals surface area contributed by atoms with Crippen molar-refractivity contribution < 1.29 is 9.53 Å². The number of carbonyl (C=O) groups excluding carboxylic acids is 1. The largest absolute Gasteiger partial charge is 0.494 e. The van der Waals surface area contributed by atoms with Crippen molar-refractivity contribution in [2.45, 2.75) is 38.6 Å². The first kappa shape index (κ1) is 29.4. The van der Waals surface area contributed by atoms with Gasteiger partial charge in [0, 0.05) is 35.9 Å². The van der Waals surface area contributed by atoms with Crippen molar-refractivity contribution in [2.24, 2.45) is 0 Å². The second-order valence-corrected chi connectivity index (χ2v) is 13.0. The number of piperidine rings is 1. The van der Waals surface area contributed by atoms with E-state index in [9.17, 15) is 4.79 Å². The topological polar surface area (TPSA) is 82.6 Å². The van der Waals surface area contributed by atoms with E-state index < -0.39 is 0 Å². The van der Waals surface area contributed by atoms with Crippen LogP contribution in [0.3, 0.4) is 0 Å². The first-order valence-electron chi connectivity index (χ1n) is 14.0. The summed E-state index contributed by atoms with van der Waals surface area (Å²) in [5, 5.41) is 8.57. The standard InChI is InChI=1S/C30H31BrCl2N6O2S/c1-17-22(31)27(41-2)24(33)26(23(17)32)37-30(40)21-15-42-28-25(21)34-16-35-29(28)36-18-5-7-19(8-6-18)39-13-9-20(10-14-39)38-11-3-4-12-38/h5-8,15-16,20H,3-4,9-14H2,1-2H3,(H,37,40)(H,34,35,36). The Morgan fingerprint density at radius 1 is 1.07 bits per heavy atom. The number of anilines is 4. The lowest BCUT2D eigenvalue weighted by Gasteiger charge is -2.37. The van der Waals surface area contributed by atoms with Crippen LogP contribution in [0.4, 0.5) is 22.9 Å². The second kappa shape index (κ2) is 12.5. The number of nitrogens with zero attached hydrogens (tertiary/aromatic N) is 4. The van der Waals surface area contributed by atoms with Crippen molar-refractivity contribution in [3.63, 3.8) is 0 Å². The van der Waals surface area contributed by atoms with Gasteiger partial charge in [0.15, 0.2) is 11.6 Å². The second-order valence-electron chi connectivity index (χ2n) is 10.6. The average Bonchev–Trinajstić information content (AvgIpc) is 3.71. The summed E-state index contributed by atoms with van der Waals surface area (Å²) in [5.41, 5.74) is 4.09. The van der Waals surface area contributed by atoms with Gasteiger partial charge in [-0.2, -0.15) is 0 Å². The number of aromatic nitrogens is 2. The van der Waals surface area contributed by atoms with Crippen LogP contribution in [0.2, 0.25) is 10.0 Å². The summed E-state index contributed by atoms with van der Waals surface area (Å²) in [6, 6.07) is 9.20. The zero-order valence-electron chi connectivity index (χ0n) is 23.3. The molecule has 0 bridgehead atoms. The number of likely N-dealkylation sites (tertiary alicyclic amines) is 1. The molecule has 2 aromatic heterocycles. The monoisotopic (exact) mass is 688 g/mol. The molecule has 12 heteroatoms. The van der Waals surface area contributed by atoms with E-state index in [4.69, 9.17) is 27.9 Å². The van der Waals surface area contributed by atoms with Gasteiger partial charge in [-0.15, -0.1) is 11.3 Å². The maximum atomic E-state index is 13.4. The third-order valence-electron chi connectivity index (χ3n) is 8.15. The van der Waals surface area contributed by atoms with Crippen molar-refractivity contribution in [1.82, 2.24) is 14.9 Å². The Morgan fingerprint density at radius 3 is 2.48 bits per heavy atom. The number of hydrogen-bond donors (Lipinski definition) is 2. The molecule has 0 saturated carbocycles. The van der Waals surface area contributed by atoms with E-state index in [0.717, 1.165) is 29.5 Å². The van der Waals surface area contributed by atoms with E-state index in [-0.39, 0.29) is 16.6 Å². The van der Waals surface area contributed by atoms with Crippen molar-refractivity contribution in [2.75, 3.05) is 48.8 Å². The highest BCUT2D eigenvalue weighted by molar-refractivity contribution is 9.10. The SMILES string of the molecule is COc1c(Cl)c(NC(=O)c2csc3c(Nc4ccc(N5CCC(N6CCCC6)CC5)cc4)ncnc23)c(Cl)c(C)c1Br. The molecule has 4 heterocycles. The molecule has 0 radical (unpaired) electrons.